The molecule has 1 fully saturated rings. The smallest absolute Gasteiger partial charge is 0.278 e. The van der Waals surface area contributed by atoms with E-state index >= 15 is 0 Å². The number of carbonyl (C=O) groups excluding carboxylic acids is 1. The van der Waals surface area contributed by atoms with Crippen LogP contribution in [0.5, 0.6) is 0 Å². The summed E-state index contributed by atoms with van der Waals surface area (Å²) < 4.78 is 20.7. The quantitative estimate of drug-likeness (QED) is 0.837. The molecular formula is C17H18FN3O3. The molecule has 0 aliphatic carbocycles. The van der Waals surface area contributed by atoms with Gasteiger partial charge in [0.15, 0.2) is 5.69 Å². The lowest BCUT2D eigenvalue weighted by Crippen LogP contribution is -2.46. The minimum absolute atomic E-state index is 0.0954. The Morgan fingerprint density at radius 3 is 2.83 bits per heavy atom. The number of rotatable bonds is 2. The van der Waals surface area contributed by atoms with Crippen molar-refractivity contribution in [1.82, 2.24) is 14.7 Å². The first-order valence-corrected chi connectivity index (χ1v) is 7.74. The van der Waals surface area contributed by atoms with E-state index in [1.165, 1.54) is 16.8 Å². The Bertz CT molecular complexity index is 834. The molecule has 1 saturated heterocycles. The fraction of sp³-hybridized carbons (Fsp3) is 0.353. The van der Waals surface area contributed by atoms with Crippen LogP contribution in [-0.2, 0) is 4.74 Å². The first-order valence-electron chi connectivity index (χ1n) is 7.74. The lowest BCUT2D eigenvalue weighted by atomic mass is 10.2. The second kappa shape index (κ2) is 6.52. The summed E-state index contributed by atoms with van der Waals surface area (Å²) in [4.78, 5) is 26.4. The van der Waals surface area contributed by atoms with E-state index < -0.39 is 17.2 Å². The molecule has 2 aromatic rings. The van der Waals surface area contributed by atoms with Gasteiger partial charge in [0, 0.05) is 24.8 Å². The van der Waals surface area contributed by atoms with Crippen LogP contribution in [0.25, 0.3) is 5.69 Å². The standard InChI is InChI=1S/C17H18FN3O3/c1-11-9-15(22)16(17(23)20-7-8-24-12(2)10-20)19-21(11)14-6-4-3-5-13(14)18/h3-6,9,12H,7-8,10H2,1-2H3/t12-/m0/s1. The summed E-state index contributed by atoms with van der Waals surface area (Å²) >= 11 is 0. The van der Waals surface area contributed by atoms with Gasteiger partial charge in [0.25, 0.3) is 5.91 Å². The van der Waals surface area contributed by atoms with E-state index in [-0.39, 0.29) is 17.5 Å². The molecule has 0 N–H and O–H groups in total. The predicted molar refractivity (Wildman–Crippen MR) is 85.8 cm³/mol. The van der Waals surface area contributed by atoms with E-state index in [4.69, 9.17) is 4.74 Å². The van der Waals surface area contributed by atoms with Gasteiger partial charge in [0.2, 0.25) is 5.43 Å². The molecule has 3 rings (SSSR count). The van der Waals surface area contributed by atoms with E-state index in [0.717, 1.165) is 0 Å². The minimum atomic E-state index is -0.477. The Hall–Kier alpha value is -2.54. The number of hydrogen-bond acceptors (Lipinski definition) is 4. The number of aromatic nitrogens is 2. The van der Waals surface area contributed by atoms with E-state index in [1.807, 2.05) is 6.92 Å². The van der Waals surface area contributed by atoms with Gasteiger partial charge in [-0.15, -0.1) is 0 Å². The summed E-state index contributed by atoms with van der Waals surface area (Å²) in [5.41, 5.74) is -0.0291. The highest BCUT2D eigenvalue weighted by Gasteiger charge is 2.26. The highest BCUT2D eigenvalue weighted by molar-refractivity contribution is 5.92. The number of halogens is 1. The fourth-order valence-corrected chi connectivity index (χ4v) is 2.72. The summed E-state index contributed by atoms with van der Waals surface area (Å²) in [5, 5.41) is 4.14. The molecule has 1 atom stereocenters. The molecule has 126 valence electrons. The molecule has 0 radical (unpaired) electrons. The normalized spacial score (nSPS) is 17.8. The number of aryl methyl sites for hydroxylation is 1. The Morgan fingerprint density at radius 2 is 2.12 bits per heavy atom. The number of morpholine rings is 1. The van der Waals surface area contributed by atoms with Crippen molar-refractivity contribution in [2.24, 2.45) is 0 Å². The Balaban J connectivity index is 2.03. The number of hydrogen-bond donors (Lipinski definition) is 0. The molecule has 24 heavy (non-hydrogen) atoms. The van der Waals surface area contributed by atoms with Crippen molar-refractivity contribution in [3.8, 4) is 5.69 Å². The number of amides is 1. The van der Waals surface area contributed by atoms with E-state index in [0.29, 0.717) is 25.4 Å². The maximum Gasteiger partial charge on any atom is 0.278 e. The molecule has 1 aromatic carbocycles. The molecule has 0 saturated carbocycles. The summed E-state index contributed by atoms with van der Waals surface area (Å²) in [6, 6.07) is 7.39. The molecule has 1 aromatic heterocycles. The Morgan fingerprint density at radius 1 is 1.38 bits per heavy atom. The van der Waals surface area contributed by atoms with Crippen molar-refractivity contribution in [3.63, 3.8) is 0 Å². The van der Waals surface area contributed by atoms with Crippen LogP contribution >= 0.6 is 0 Å². The van der Waals surface area contributed by atoms with Crippen molar-refractivity contribution >= 4 is 5.91 Å². The average Bonchev–Trinajstić information content (AvgIpc) is 2.55. The average molecular weight is 331 g/mol. The summed E-state index contributed by atoms with van der Waals surface area (Å²) in [7, 11) is 0. The highest BCUT2D eigenvalue weighted by atomic mass is 19.1. The second-order valence-electron chi connectivity index (χ2n) is 5.79. The maximum absolute atomic E-state index is 14.0. The minimum Gasteiger partial charge on any atom is -0.375 e. The van der Waals surface area contributed by atoms with Crippen LogP contribution in [0.3, 0.4) is 0 Å². The van der Waals surface area contributed by atoms with Crippen molar-refractivity contribution < 1.29 is 13.9 Å². The van der Waals surface area contributed by atoms with Gasteiger partial charge in [-0.05, 0) is 26.0 Å². The van der Waals surface area contributed by atoms with Gasteiger partial charge in [-0.25, -0.2) is 9.07 Å². The third-order valence-corrected chi connectivity index (χ3v) is 3.92. The van der Waals surface area contributed by atoms with Gasteiger partial charge >= 0.3 is 0 Å². The molecule has 1 aliphatic rings. The number of para-hydroxylation sites is 1. The van der Waals surface area contributed by atoms with Gasteiger partial charge < -0.3 is 9.64 Å². The maximum atomic E-state index is 14.0. The number of carbonyl (C=O) groups is 1. The summed E-state index contributed by atoms with van der Waals surface area (Å²) in [6.07, 6.45) is -0.0954. The van der Waals surface area contributed by atoms with Crippen LogP contribution in [0.15, 0.2) is 35.1 Å². The first kappa shape index (κ1) is 16.3. The van der Waals surface area contributed by atoms with Gasteiger partial charge in [-0.1, -0.05) is 12.1 Å². The summed E-state index contributed by atoms with van der Waals surface area (Å²) in [6.45, 7) is 4.72. The van der Waals surface area contributed by atoms with Crippen LogP contribution in [0, 0.1) is 12.7 Å². The Kier molecular flexibility index (Phi) is 4.44. The third-order valence-electron chi connectivity index (χ3n) is 3.92. The lowest BCUT2D eigenvalue weighted by Gasteiger charge is -2.30. The molecule has 0 bridgehead atoms. The fourth-order valence-electron chi connectivity index (χ4n) is 2.72. The monoisotopic (exact) mass is 331 g/mol. The molecule has 0 unspecified atom stereocenters. The zero-order valence-corrected chi connectivity index (χ0v) is 13.5. The zero-order chi connectivity index (χ0) is 17.3. The van der Waals surface area contributed by atoms with Crippen LogP contribution in [0.1, 0.15) is 23.1 Å². The molecule has 1 aliphatic heterocycles. The summed E-state index contributed by atoms with van der Waals surface area (Å²) in [5.74, 6) is -0.935. The zero-order valence-electron chi connectivity index (χ0n) is 13.5. The van der Waals surface area contributed by atoms with E-state index in [2.05, 4.69) is 5.10 Å². The van der Waals surface area contributed by atoms with E-state index in [1.54, 1.807) is 30.0 Å². The molecule has 6 nitrogen and oxygen atoms in total. The van der Waals surface area contributed by atoms with Gasteiger partial charge in [-0.3, -0.25) is 9.59 Å². The van der Waals surface area contributed by atoms with Crippen LogP contribution < -0.4 is 5.43 Å². The van der Waals surface area contributed by atoms with Crippen molar-refractivity contribution in [1.29, 1.82) is 0 Å². The van der Waals surface area contributed by atoms with Crippen molar-refractivity contribution in [2.45, 2.75) is 20.0 Å². The number of ether oxygens (including phenoxy) is 1. The molecular weight excluding hydrogens is 313 g/mol. The van der Waals surface area contributed by atoms with Crippen LogP contribution in [0.4, 0.5) is 4.39 Å². The van der Waals surface area contributed by atoms with Crippen LogP contribution in [-0.4, -0.2) is 46.4 Å². The predicted octanol–water partition coefficient (Wildman–Crippen LogP) is 1.54. The number of nitrogens with zero attached hydrogens (tertiary/aromatic N) is 3. The highest BCUT2D eigenvalue weighted by Crippen LogP contribution is 2.14. The Labute approximate surface area is 138 Å². The first-order chi connectivity index (χ1) is 11.5. The van der Waals surface area contributed by atoms with Gasteiger partial charge in [-0.2, -0.15) is 5.10 Å². The SMILES string of the molecule is Cc1cc(=O)c(C(=O)N2CCO[C@@H](C)C2)nn1-c1ccccc1F. The molecule has 7 heteroatoms. The topological polar surface area (TPSA) is 64.4 Å². The largest absolute Gasteiger partial charge is 0.375 e. The van der Waals surface area contributed by atoms with Gasteiger partial charge in [0.05, 0.1) is 12.7 Å². The van der Waals surface area contributed by atoms with Crippen molar-refractivity contribution in [3.05, 3.63) is 57.8 Å². The van der Waals surface area contributed by atoms with Crippen LogP contribution in [0.2, 0.25) is 0 Å². The van der Waals surface area contributed by atoms with Gasteiger partial charge in [0.1, 0.15) is 11.5 Å². The molecule has 1 amide bonds. The molecule has 0 spiro atoms. The number of benzene rings is 1. The van der Waals surface area contributed by atoms with E-state index in [9.17, 15) is 14.0 Å². The van der Waals surface area contributed by atoms with Crippen molar-refractivity contribution in [2.75, 3.05) is 19.7 Å². The third kappa shape index (κ3) is 3.07. The second-order valence-corrected chi connectivity index (χ2v) is 5.79. The molecule has 2 heterocycles. The lowest BCUT2D eigenvalue weighted by molar-refractivity contribution is -0.0127.